The number of sulfonamides is 1. The minimum Gasteiger partial charge on any atom is -0.338 e. The smallest absolute Gasteiger partial charge is 0.243 e. The van der Waals surface area contributed by atoms with E-state index in [9.17, 15) is 13.2 Å². The minimum atomic E-state index is -3.48. The largest absolute Gasteiger partial charge is 0.338 e. The number of carbonyl (C=O) groups is 1. The lowest BCUT2D eigenvalue weighted by molar-refractivity contribution is -0.138. The Labute approximate surface area is 163 Å². The topological polar surface area (TPSA) is 69.7 Å². The van der Waals surface area contributed by atoms with Crippen molar-refractivity contribution in [2.45, 2.75) is 50.5 Å². The molecule has 1 atom stereocenters. The van der Waals surface area contributed by atoms with Gasteiger partial charge in [0.2, 0.25) is 15.9 Å². The highest BCUT2D eigenvalue weighted by Crippen LogP contribution is 2.26. The van der Waals surface area contributed by atoms with Crippen molar-refractivity contribution in [1.29, 1.82) is 0 Å². The first-order valence-corrected chi connectivity index (χ1v) is 11.5. The second-order valence-electron chi connectivity index (χ2n) is 7.67. The van der Waals surface area contributed by atoms with Crippen LogP contribution in [0.25, 0.3) is 0 Å². The predicted octanol–water partition coefficient (Wildman–Crippen LogP) is 2.00. The average Bonchev–Trinajstić information content (AvgIpc) is 3.20. The van der Waals surface area contributed by atoms with Gasteiger partial charge in [-0.25, -0.2) is 8.42 Å². The van der Waals surface area contributed by atoms with Crippen molar-refractivity contribution in [3.05, 3.63) is 29.8 Å². The Morgan fingerprint density at radius 1 is 1.19 bits per heavy atom. The van der Waals surface area contributed by atoms with Gasteiger partial charge in [0.15, 0.2) is 0 Å². The van der Waals surface area contributed by atoms with Crippen molar-refractivity contribution >= 4 is 15.9 Å². The highest BCUT2D eigenvalue weighted by Gasteiger charge is 2.35. The van der Waals surface area contributed by atoms with E-state index in [2.05, 4.69) is 12.2 Å². The van der Waals surface area contributed by atoms with E-state index in [4.69, 9.17) is 0 Å². The van der Waals surface area contributed by atoms with Crippen LogP contribution in [0.2, 0.25) is 0 Å². The molecule has 7 heteroatoms. The molecule has 1 N–H and O–H groups in total. The van der Waals surface area contributed by atoms with E-state index >= 15 is 0 Å². The summed E-state index contributed by atoms with van der Waals surface area (Å²) < 4.78 is 27.2. The number of amides is 1. The molecule has 150 valence electrons. The summed E-state index contributed by atoms with van der Waals surface area (Å²) in [6.07, 6.45) is 3.16. The quantitative estimate of drug-likeness (QED) is 0.803. The average molecular weight is 394 g/mol. The van der Waals surface area contributed by atoms with Crippen LogP contribution in [0.4, 0.5) is 0 Å². The molecule has 0 spiro atoms. The van der Waals surface area contributed by atoms with Gasteiger partial charge in [-0.15, -0.1) is 0 Å². The second kappa shape index (κ2) is 8.71. The molecule has 0 radical (unpaired) electrons. The zero-order valence-electron chi connectivity index (χ0n) is 16.4. The van der Waals surface area contributed by atoms with Crippen molar-refractivity contribution < 1.29 is 13.2 Å². The summed E-state index contributed by atoms with van der Waals surface area (Å²) in [6.45, 7) is 7.48. The third-order valence-electron chi connectivity index (χ3n) is 5.68. The number of hydrogen-bond donors (Lipinski definition) is 1. The molecule has 2 saturated heterocycles. The molecule has 0 saturated carbocycles. The highest BCUT2D eigenvalue weighted by molar-refractivity contribution is 7.89. The fraction of sp³-hybridized carbons (Fsp3) is 0.650. The molecule has 27 heavy (non-hydrogen) atoms. The van der Waals surface area contributed by atoms with Crippen molar-refractivity contribution in [1.82, 2.24) is 14.5 Å². The molecule has 6 nitrogen and oxygen atoms in total. The van der Waals surface area contributed by atoms with E-state index in [0.29, 0.717) is 30.8 Å². The molecule has 1 aromatic carbocycles. The molecule has 1 amide bonds. The number of rotatable bonds is 6. The van der Waals surface area contributed by atoms with Crippen LogP contribution in [-0.4, -0.2) is 62.3 Å². The summed E-state index contributed by atoms with van der Waals surface area (Å²) in [5.74, 6) is 0.138. The maximum atomic E-state index is 13.1. The maximum Gasteiger partial charge on any atom is 0.243 e. The number of benzene rings is 1. The van der Waals surface area contributed by atoms with Crippen LogP contribution in [0, 0.1) is 12.8 Å². The summed E-state index contributed by atoms with van der Waals surface area (Å²) in [4.78, 5) is 15.4. The summed E-state index contributed by atoms with van der Waals surface area (Å²) in [7, 11) is -3.48. The fourth-order valence-corrected chi connectivity index (χ4v) is 5.53. The molecule has 0 bridgehead atoms. The number of nitrogens with one attached hydrogen (secondary N) is 1. The Morgan fingerprint density at radius 3 is 2.41 bits per heavy atom. The van der Waals surface area contributed by atoms with Crippen LogP contribution in [0.3, 0.4) is 0 Å². The first kappa shape index (κ1) is 20.3. The van der Waals surface area contributed by atoms with E-state index in [1.165, 1.54) is 4.31 Å². The number of carbonyl (C=O) groups excluding carboxylic acids is 1. The van der Waals surface area contributed by atoms with Gasteiger partial charge in [0.1, 0.15) is 0 Å². The number of hydrogen-bond acceptors (Lipinski definition) is 4. The number of nitrogens with zero attached hydrogens (tertiary/aromatic N) is 2. The Hall–Kier alpha value is -1.44. The molecular formula is C20H31N3O3S. The van der Waals surface area contributed by atoms with Crippen LogP contribution in [0.15, 0.2) is 29.2 Å². The first-order valence-electron chi connectivity index (χ1n) is 10.0. The molecule has 2 fully saturated rings. The molecule has 0 aliphatic carbocycles. The van der Waals surface area contributed by atoms with Crippen LogP contribution in [0.5, 0.6) is 0 Å². The van der Waals surface area contributed by atoms with E-state index in [1.54, 1.807) is 12.1 Å². The van der Waals surface area contributed by atoms with Crippen molar-refractivity contribution in [3.63, 3.8) is 0 Å². The van der Waals surface area contributed by atoms with Crippen LogP contribution < -0.4 is 5.32 Å². The molecule has 0 aromatic heterocycles. The van der Waals surface area contributed by atoms with Crippen molar-refractivity contribution in [2.24, 2.45) is 5.92 Å². The Kier molecular flexibility index (Phi) is 6.55. The van der Waals surface area contributed by atoms with E-state index in [-0.39, 0.29) is 17.9 Å². The normalized spacial score (nSPS) is 22.1. The Morgan fingerprint density at radius 2 is 1.85 bits per heavy atom. The van der Waals surface area contributed by atoms with Gasteiger partial charge < -0.3 is 10.2 Å². The van der Waals surface area contributed by atoms with Gasteiger partial charge in [0, 0.05) is 38.1 Å². The SMILES string of the molecule is CCCN(C(=O)C1CCN(S(=O)(=O)c2ccc(C)cc2)CC1)C1CCNC1. The van der Waals surface area contributed by atoms with E-state index in [1.807, 2.05) is 24.0 Å². The lowest BCUT2D eigenvalue weighted by atomic mass is 9.95. The number of piperidine rings is 1. The van der Waals surface area contributed by atoms with Crippen molar-refractivity contribution in [2.75, 3.05) is 32.7 Å². The molecule has 3 rings (SSSR count). The van der Waals surface area contributed by atoms with Gasteiger partial charge in [0.05, 0.1) is 4.90 Å². The van der Waals surface area contributed by atoms with Crippen LogP contribution in [-0.2, 0) is 14.8 Å². The van der Waals surface area contributed by atoms with Gasteiger partial charge in [-0.1, -0.05) is 24.6 Å². The fourth-order valence-electron chi connectivity index (χ4n) is 4.06. The third kappa shape index (κ3) is 4.52. The summed E-state index contributed by atoms with van der Waals surface area (Å²) in [6, 6.07) is 7.26. The van der Waals surface area contributed by atoms with Gasteiger partial charge >= 0.3 is 0 Å². The van der Waals surface area contributed by atoms with E-state index < -0.39 is 10.0 Å². The first-order chi connectivity index (χ1) is 12.9. The standard InChI is InChI=1S/C20H31N3O3S/c1-3-12-23(18-8-11-21-15-18)20(24)17-9-13-22(14-10-17)27(25,26)19-6-4-16(2)5-7-19/h4-7,17-18,21H,3,8-15H2,1-2H3. The molecule has 2 heterocycles. The van der Waals surface area contributed by atoms with Gasteiger partial charge in [0.25, 0.3) is 0 Å². The Bertz CT molecular complexity index is 734. The minimum absolute atomic E-state index is 0.0679. The maximum absolute atomic E-state index is 13.1. The number of aryl methyl sites for hydroxylation is 1. The van der Waals surface area contributed by atoms with Crippen LogP contribution >= 0.6 is 0 Å². The molecule has 2 aliphatic heterocycles. The zero-order chi connectivity index (χ0) is 19.4. The summed E-state index contributed by atoms with van der Waals surface area (Å²) in [5, 5.41) is 3.34. The predicted molar refractivity (Wildman–Crippen MR) is 106 cm³/mol. The molecule has 1 aromatic rings. The molecule has 2 aliphatic rings. The van der Waals surface area contributed by atoms with Gasteiger partial charge in [-0.05, 0) is 51.3 Å². The zero-order valence-corrected chi connectivity index (χ0v) is 17.2. The summed E-state index contributed by atoms with van der Waals surface area (Å²) >= 11 is 0. The third-order valence-corrected chi connectivity index (χ3v) is 7.60. The molecular weight excluding hydrogens is 362 g/mol. The van der Waals surface area contributed by atoms with Crippen LogP contribution in [0.1, 0.15) is 38.2 Å². The molecule has 1 unspecified atom stereocenters. The van der Waals surface area contributed by atoms with E-state index in [0.717, 1.165) is 38.0 Å². The monoisotopic (exact) mass is 393 g/mol. The van der Waals surface area contributed by atoms with Crippen molar-refractivity contribution in [3.8, 4) is 0 Å². The lowest BCUT2D eigenvalue weighted by Crippen LogP contribution is -2.48. The summed E-state index contributed by atoms with van der Waals surface area (Å²) in [5.41, 5.74) is 1.04. The Balaban J connectivity index is 1.63. The lowest BCUT2D eigenvalue weighted by Gasteiger charge is -2.36. The highest BCUT2D eigenvalue weighted by atomic mass is 32.2. The van der Waals surface area contributed by atoms with Gasteiger partial charge in [-0.2, -0.15) is 4.31 Å². The van der Waals surface area contributed by atoms with Gasteiger partial charge in [-0.3, -0.25) is 4.79 Å². The second-order valence-corrected chi connectivity index (χ2v) is 9.61.